The number of nitrogens with one attached hydrogen (secondary N) is 2. The molecule has 0 amide bonds. The number of fused-ring (bicyclic) bond motifs is 1. The molecule has 1 aliphatic carbocycles. The molecule has 4 N–H and O–H groups in total. The molecule has 6 nitrogen and oxygen atoms in total. The van der Waals surface area contributed by atoms with Crippen molar-refractivity contribution in [2.24, 2.45) is 0 Å². The van der Waals surface area contributed by atoms with Crippen molar-refractivity contribution in [2.45, 2.75) is 18.9 Å². The predicted molar refractivity (Wildman–Crippen MR) is 116 cm³/mol. The van der Waals surface area contributed by atoms with Crippen molar-refractivity contribution < 1.29 is 4.74 Å². The SMILES string of the molecule is C=CCOc1ccc(C(=N)c2c(N)ncnc2NC2Cc3ccccc3C2)cc1. The van der Waals surface area contributed by atoms with E-state index < -0.39 is 0 Å². The summed E-state index contributed by atoms with van der Waals surface area (Å²) in [6, 6.07) is 16.0. The van der Waals surface area contributed by atoms with Crippen molar-refractivity contribution in [3.05, 3.63) is 89.8 Å². The fraction of sp³-hybridized carbons (Fsp3) is 0.174. The van der Waals surface area contributed by atoms with Gasteiger partial charge in [-0.25, -0.2) is 9.97 Å². The molecule has 0 radical (unpaired) electrons. The molecule has 0 fully saturated rings. The summed E-state index contributed by atoms with van der Waals surface area (Å²) in [6.45, 7) is 4.08. The van der Waals surface area contributed by atoms with Crippen LogP contribution in [0.25, 0.3) is 0 Å². The van der Waals surface area contributed by atoms with E-state index in [0.717, 1.165) is 24.2 Å². The Kier molecular flexibility index (Phi) is 5.24. The molecule has 4 rings (SSSR count). The average Bonchev–Trinajstić information content (AvgIpc) is 3.15. The van der Waals surface area contributed by atoms with Crippen LogP contribution in [0, 0.1) is 5.41 Å². The lowest BCUT2D eigenvalue weighted by Gasteiger charge is -2.17. The van der Waals surface area contributed by atoms with E-state index in [-0.39, 0.29) is 17.6 Å². The second kappa shape index (κ2) is 8.14. The molecule has 0 saturated carbocycles. The van der Waals surface area contributed by atoms with Crippen molar-refractivity contribution >= 4 is 17.3 Å². The number of hydrogen-bond donors (Lipinski definition) is 3. The molecule has 3 aromatic rings. The minimum absolute atomic E-state index is 0.211. The summed E-state index contributed by atoms with van der Waals surface area (Å²) in [4.78, 5) is 8.50. The fourth-order valence-electron chi connectivity index (χ4n) is 3.63. The van der Waals surface area contributed by atoms with E-state index in [1.807, 2.05) is 24.3 Å². The molecule has 1 aromatic heterocycles. The van der Waals surface area contributed by atoms with Crippen molar-refractivity contribution in [2.75, 3.05) is 17.7 Å². The number of benzene rings is 2. The van der Waals surface area contributed by atoms with E-state index in [2.05, 4.69) is 46.1 Å². The lowest BCUT2D eigenvalue weighted by Crippen LogP contribution is -2.23. The molecule has 2 aromatic carbocycles. The fourth-order valence-corrected chi connectivity index (χ4v) is 3.63. The Hall–Kier alpha value is -3.67. The molecule has 1 aliphatic rings. The van der Waals surface area contributed by atoms with Crippen molar-refractivity contribution in [1.82, 2.24) is 9.97 Å². The molecule has 146 valence electrons. The predicted octanol–water partition coefficient (Wildman–Crippen LogP) is 3.62. The maximum atomic E-state index is 8.71. The van der Waals surface area contributed by atoms with E-state index in [0.29, 0.717) is 18.0 Å². The van der Waals surface area contributed by atoms with Crippen LogP contribution < -0.4 is 15.8 Å². The van der Waals surface area contributed by atoms with Crippen molar-refractivity contribution in [3.63, 3.8) is 0 Å². The van der Waals surface area contributed by atoms with Crippen LogP contribution in [-0.2, 0) is 12.8 Å². The summed E-state index contributed by atoms with van der Waals surface area (Å²) in [5.74, 6) is 1.60. The van der Waals surface area contributed by atoms with Gasteiger partial charge in [-0.1, -0.05) is 36.9 Å². The van der Waals surface area contributed by atoms with Crippen molar-refractivity contribution in [1.29, 1.82) is 5.41 Å². The van der Waals surface area contributed by atoms with E-state index in [4.69, 9.17) is 15.9 Å². The van der Waals surface area contributed by atoms with Gasteiger partial charge in [0.05, 0.1) is 11.3 Å². The Morgan fingerprint density at radius 2 is 1.83 bits per heavy atom. The van der Waals surface area contributed by atoms with Crippen LogP contribution in [0.3, 0.4) is 0 Å². The van der Waals surface area contributed by atoms with Gasteiger partial charge in [-0.15, -0.1) is 0 Å². The minimum Gasteiger partial charge on any atom is -0.490 e. The number of nitrogens with zero attached hydrogens (tertiary/aromatic N) is 2. The number of nitrogens with two attached hydrogens (primary N) is 1. The lowest BCUT2D eigenvalue weighted by atomic mass is 10.0. The first-order chi connectivity index (χ1) is 14.2. The molecule has 6 heteroatoms. The molecule has 1 heterocycles. The largest absolute Gasteiger partial charge is 0.490 e. The normalized spacial score (nSPS) is 13.0. The Morgan fingerprint density at radius 1 is 1.14 bits per heavy atom. The number of hydrogen-bond acceptors (Lipinski definition) is 6. The van der Waals surface area contributed by atoms with Gasteiger partial charge in [0.1, 0.15) is 30.3 Å². The Labute approximate surface area is 170 Å². The van der Waals surface area contributed by atoms with Gasteiger partial charge in [0.25, 0.3) is 0 Å². The summed E-state index contributed by atoms with van der Waals surface area (Å²) >= 11 is 0. The third-order valence-corrected chi connectivity index (χ3v) is 5.03. The second-order valence-corrected chi connectivity index (χ2v) is 7.00. The van der Waals surface area contributed by atoms with Crippen LogP contribution in [0.15, 0.2) is 67.5 Å². The van der Waals surface area contributed by atoms with Gasteiger partial charge < -0.3 is 15.8 Å². The first kappa shape index (κ1) is 18.7. The van der Waals surface area contributed by atoms with Gasteiger partial charge in [0.2, 0.25) is 0 Å². The summed E-state index contributed by atoms with van der Waals surface area (Å²) in [7, 11) is 0. The lowest BCUT2D eigenvalue weighted by molar-refractivity contribution is 0.363. The van der Waals surface area contributed by atoms with Crippen LogP contribution in [0.2, 0.25) is 0 Å². The number of rotatable bonds is 7. The Balaban J connectivity index is 1.56. The Morgan fingerprint density at radius 3 is 2.48 bits per heavy atom. The highest BCUT2D eigenvalue weighted by molar-refractivity contribution is 6.16. The second-order valence-electron chi connectivity index (χ2n) is 7.00. The highest BCUT2D eigenvalue weighted by atomic mass is 16.5. The topological polar surface area (TPSA) is 96.9 Å². The van der Waals surface area contributed by atoms with Crippen LogP contribution >= 0.6 is 0 Å². The third kappa shape index (κ3) is 3.96. The van der Waals surface area contributed by atoms with E-state index in [1.165, 1.54) is 17.5 Å². The van der Waals surface area contributed by atoms with Crippen LogP contribution in [0.4, 0.5) is 11.6 Å². The third-order valence-electron chi connectivity index (χ3n) is 5.03. The summed E-state index contributed by atoms with van der Waals surface area (Å²) in [6.07, 6.45) is 4.96. The summed E-state index contributed by atoms with van der Waals surface area (Å²) < 4.78 is 5.51. The van der Waals surface area contributed by atoms with Crippen LogP contribution in [-0.4, -0.2) is 28.3 Å². The number of nitrogen functional groups attached to an aromatic ring is 1. The van der Waals surface area contributed by atoms with E-state index >= 15 is 0 Å². The first-order valence-corrected chi connectivity index (χ1v) is 9.52. The zero-order valence-corrected chi connectivity index (χ0v) is 16.1. The van der Waals surface area contributed by atoms with Crippen LogP contribution in [0.1, 0.15) is 22.3 Å². The monoisotopic (exact) mass is 385 g/mol. The smallest absolute Gasteiger partial charge is 0.141 e. The zero-order chi connectivity index (χ0) is 20.2. The van der Waals surface area contributed by atoms with Crippen LogP contribution in [0.5, 0.6) is 5.75 Å². The highest BCUT2D eigenvalue weighted by Gasteiger charge is 2.24. The standard InChI is InChI=1S/C23H23N5O/c1-2-11-29-19-9-7-15(8-10-19)21(24)20-22(25)26-14-27-23(20)28-18-12-16-5-3-4-6-17(16)13-18/h2-10,14,18,24H,1,11-13H2,(H3,25,26,27,28). The van der Waals surface area contributed by atoms with E-state index in [9.17, 15) is 0 Å². The molecular weight excluding hydrogens is 362 g/mol. The van der Waals surface area contributed by atoms with Gasteiger partial charge in [-0.05, 0) is 48.2 Å². The van der Waals surface area contributed by atoms with Crippen molar-refractivity contribution in [3.8, 4) is 5.75 Å². The molecule has 0 aliphatic heterocycles. The molecule has 0 spiro atoms. The molecule has 0 atom stereocenters. The molecule has 29 heavy (non-hydrogen) atoms. The van der Waals surface area contributed by atoms with Gasteiger partial charge in [0.15, 0.2) is 0 Å². The summed E-state index contributed by atoms with van der Waals surface area (Å²) in [5.41, 5.74) is 10.3. The minimum atomic E-state index is 0.211. The number of ether oxygens (including phenoxy) is 1. The zero-order valence-electron chi connectivity index (χ0n) is 16.1. The Bertz CT molecular complexity index is 1020. The molecule has 0 saturated heterocycles. The molecule has 0 bridgehead atoms. The quantitative estimate of drug-likeness (QED) is 0.426. The first-order valence-electron chi connectivity index (χ1n) is 9.52. The number of anilines is 2. The maximum absolute atomic E-state index is 8.71. The number of aromatic nitrogens is 2. The maximum Gasteiger partial charge on any atom is 0.141 e. The molecular formula is C23H23N5O. The van der Waals surface area contributed by atoms with E-state index in [1.54, 1.807) is 6.08 Å². The highest BCUT2D eigenvalue weighted by Crippen LogP contribution is 2.27. The average molecular weight is 385 g/mol. The van der Waals surface area contributed by atoms with Gasteiger partial charge >= 0.3 is 0 Å². The molecule has 0 unspecified atom stereocenters. The van der Waals surface area contributed by atoms with Gasteiger partial charge in [-0.3, -0.25) is 5.41 Å². The van der Waals surface area contributed by atoms with Gasteiger partial charge in [0, 0.05) is 11.6 Å². The van der Waals surface area contributed by atoms with Gasteiger partial charge in [-0.2, -0.15) is 0 Å². The summed E-state index contributed by atoms with van der Waals surface area (Å²) in [5, 5.41) is 12.2.